The average molecular weight is 431 g/mol. The Morgan fingerprint density at radius 2 is 1.52 bits per heavy atom. The molecular weight excluding hydrogens is 400 g/mol. The summed E-state index contributed by atoms with van der Waals surface area (Å²) in [4.78, 5) is 16.2. The predicted molar refractivity (Wildman–Crippen MR) is 132 cm³/mol. The molecule has 31 heavy (non-hydrogen) atoms. The van der Waals surface area contributed by atoms with Crippen LogP contribution >= 0.6 is 11.3 Å². The molecule has 2 aromatic heterocycles. The van der Waals surface area contributed by atoms with E-state index in [1.54, 1.807) is 28.0 Å². The Morgan fingerprint density at radius 3 is 2.10 bits per heavy atom. The zero-order valence-electron chi connectivity index (χ0n) is 18.7. The summed E-state index contributed by atoms with van der Waals surface area (Å²) < 4.78 is 1.71. The Labute approximate surface area is 189 Å². The summed E-state index contributed by atoms with van der Waals surface area (Å²) in [5.41, 5.74) is 4.93. The van der Waals surface area contributed by atoms with E-state index in [0.29, 0.717) is 18.4 Å². The molecule has 0 N–H and O–H groups in total. The summed E-state index contributed by atoms with van der Waals surface area (Å²) in [5.74, 6) is 1.06. The number of benzene rings is 2. The fraction of sp³-hybridized carbons (Fsp3) is 0.259. The highest BCUT2D eigenvalue weighted by Gasteiger charge is 2.06. The molecule has 0 fully saturated rings. The van der Waals surface area contributed by atoms with Crippen molar-refractivity contribution in [2.24, 2.45) is 0 Å². The molecule has 3 nitrogen and oxygen atoms in total. The fourth-order valence-corrected chi connectivity index (χ4v) is 4.05. The minimum atomic E-state index is 0.0421. The van der Waals surface area contributed by atoms with Crippen molar-refractivity contribution in [3.05, 3.63) is 112 Å². The first-order valence-electron chi connectivity index (χ1n) is 10.7. The molecule has 0 spiro atoms. The molecule has 0 amide bonds. The molecule has 4 heteroatoms. The first kappa shape index (κ1) is 22.7. The summed E-state index contributed by atoms with van der Waals surface area (Å²) in [6.45, 7) is 9.33. The summed E-state index contributed by atoms with van der Waals surface area (Å²) >= 11 is 1.72. The van der Waals surface area contributed by atoms with E-state index in [2.05, 4.69) is 74.5 Å². The third kappa shape index (κ3) is 6.50. The Bertz CT molecular complexity index is 1130. The summed E-state index contributed by atoms with van der Waals surface area (Å²) in [6, 6.07) is 24.0. The maximum Gasteiger partial charge on any atom is 0.250 e. The van der Waals surface area contributed by atoms with Crippen LogP contribution in [0.25, 0.3) is 10.6 Å². The van der Waals surface area contributed by atoms with Crippen molar-refractivity contribution in [3.8, 4) is 10.6 Å². The van der Waals surface area contributed by atoms with Crippen LogP contribution in [0, 0.1) is 0 Å². The van der Waals surface area contributed by atoms with E-state index in [9.17, 15) is 4.79 Å². The summed E-state index contributed by atoms with van der Waals surface area (Å²) in [7, 11) is 0. The minimum absolute atomic E-state index is 0.0421. The SMILES string of the molecule is CC(C)c1ccc(Cn2ccccc2=O)cc1.CC(C)c1csc(-c2ccccc2)n1. The summed E-state index contributed by atoms with van der Waals surface area (Å²) in [5, 5.41) is 3.27. The summed E-state index contributed by atoms with van der Waals surface area (Å²) in [6.07, 6.45) is 1.82. The van der Waals surface area contributed by atoms with Crippen LogP contribution in [0.2, 0.25) is 0 Å². The molecule has 0 atom stereocenters. The van der Waals surface area contributed by atoms with E-state index in [0.717, 1.165) is 10.6 Å². The topological polar surface area (TPSA) is 34.9 Å². The van der Waals surface area contributed by atoms with E-state index in [4.69, 9.17) is 0 Å². The maximum atomic E-state index is 11.6. The molecule has 160 valence electrons. The van der Waals surface area contributed by atoms with Gasteiger partial charge in [0.25, 0.3) is 5.56 Å². The van der Waals surface area contributed by atoms with Gasteiger partial charge in [-0.25, -0.2) is 4.98 Å². The van der Waals surface area contributed by atoms with Crippen LogP contribution in [0.3, 0.4) is 0 Å². The van der Waals surface area contributed by atoms with Crippen LogP contribution in [0.5, 0.6) is 0 Å². The molecule has 4 rings (SSSR count). The second-order valence-corrected chi connectivity index (χ2v) is 9.02. The zero-order chi connectivity index (χ0) is 22.2. The van der Waals surface area contributed by atoms with Crippen LogP contribution in [-0.2, 0) is 6.54 Å². The van der Waals surface area contributed by atoms with E-state index < -0.39 is 0 Å². The van der Waals surface area contributed by atoms with Gasteiger partial charge in [-0.15, -0.1) is 11.3 Å². The van der Waals surface area contributed by atoms with Crippen molar-refractivity contribution in [2.75, 3.05) is 0 Å². The molecule has 0 aliphatic carbocycles. The lowest BCUT2D eigenvalue weighted by Crippen LogP contribution is -2.18. The normalized spacial score (nSPS) is 10.8. The van der Waals surface area contributed by atoms with Crippen LogP contribution in [0.4, 0.5) is 0 Å². The van der Waals surface area contributed by atoms with Gasteiger partial charge in [0.1, 0.15) is 5.01 Å². The molecule has 0 aliphatic heterocycles. The lowest BCUT2D eigenvalue weighted by Gasteiger charge is -2.08. The maximum absolute atomic E-state index is 11.6. The molecule has 0 radical (unpaired) electrons. The Kier molecular flexibility index (Phi) is 7.96. The Morgan fingerprint density at radius 1 is 0.839 bits per heavy atom. The molecule has 0 saturated heterocycles. The monoisotopic (exact) mass is 430 g/mol. The minimum Gasteiger partial charge on any atom is -0.311 e. The molecule has 2 heterocycles. The quantitative estimate of drug-likeness (QED) is 0.343. The molecule has 2 aromatic carbocycles. The van der Waals surface area contributed by atoms with Crippen molar-refractivity contribution in [1.29, 1.82) is 0 Å². The van der Waals surface area contributed by atoms with Crippen LogP contribution < -0.4 is 5.56 Å². The van der Waals surface area contributed by atoms with Crippen molar-refractivity contribution in [3.63, 3.8) is 0 Å². The van der Waals surface area contributed by atoms with Gasteiger partial charge in [-0.2, -0.15) is 0 Å². The van der Waals surface area contributed by atoms with Gasteiger partial charge in [0.05, 0.1) is 12.2 Å². The molecule has 0 bridgehead atoms. The first-order valence-corrected chi connectivity index (χ1v) is 11.6. The van der Waals surface area contributed by atoms with Gasteiger partial charge in [-0.1, -0.05) is 88.4 Å². The van der Waals surface area contributed by atoms with Crippen LogP contribution in [-0.4, -0.2) is 9.55 Å². The highest BCUT2D eigenvalue weighted by Crippen LogP contribution is 2.26. The lowest BCUT2D eigenvalue weighted by molar-refractivity contribution is 0.758. The van der Waals surface area contributed by atoms with E-state index in [1.165, 1.54) is 16.8 Å². The third-order valence-corrected chi connectivity index (χ3v) is 5.94. The number of pyridine rings is 1. The number of nitrogens with zero attached hydrogens (tertiary/aromatic N) is 2. The standard InChI is InChI=1S/C15H17NO.C12H13NS/c1-12(2)14-8-6-13(7-9-14)11-16-10-4-3-5-15(16)17;1-9(2)11-8-14-12(13-11)10-6-4-3-5-7-10/h3-10,12H,11H2,1-2H3;3-9H,1-2H3. The van der Waals surface area contributed by atoms with E-state index in [1.807, 2.05) is 30.5 Å². The lowest BCUT2D eigenvalue weighted by atomic mass is 10.0. The van der Waals surface area contributed by atoms with Gasteiger partial charge in [0.2, 0.25) is 0 Å². The molecule has 0 unspecified atom stereocenters. The van der Waals surface area contributed by atoms with E-state index in [-0.39, 0.29) is 5.56 Å². The van der Waals surface area contributed by atoms with Gasteiger partial charge < -0.3 is 4.57 Å². The van der Waals surface area contributed by atoms with Gasteiger partial charge in [0, 0.05) is 23.2 Å². The molecule has 4 aromatic rings. The number of hydrogen-bond acceptors (Lipinski definition) is 3. The zero-order valence-corrected chi connectivity index (χ0v) is 19.5. The predicted octanol–water partition coefficient (Wildman–Crippen LogP) is 6.95. The Balaban J connectivity index is 0.000000179. The third-order valence-electron chi connectivity index (χ3n) is 5.03. The van der Waals surface area contributed by atoms with Crippen LogP contribution in [0.15, 0.2) is 89.2 Å². The van der Waals surface area contributed by atoms with Gasteiger partial charge in [-0.3, -0.25) is 4.79 Å². The second-order valence-electron chi connectivity index (χ2n) is 8.16. The number of thiazole rings is 1. The van der Waals surface area contributed by atoms with Gasteiger partial charge in [0.15, 0.2) is 0 Å². The van der Waals surface area contributed by atoms with Gasteiger partial charge >= 0.3 is 0 Å². The second kappa shape index (κ2) is 10.9. The van der Waals surface area contributed by atoms with Gasteiger partial charge in [-0.05, 0) is 29.0 Å². The molecular formula is C27H30N2OS. The van der Waals surface area contributed by atoms with Crippen molar-refractivity contribution >= 4 is 11.3 Å². The van der Waals surface area contributed by atoms with E-state index >= 15 is 0 Å². The average Bonchev–Trinajstić information content (AvgIpc) is 3.28. The van der Waals surface area contributed by atoms with Crippen molar-refractivity contribution < 1.29 is 0 Å². The Hall–Kier alpha value is -2.98. The molecule has 0 aliphatic rings. The van der Waals surface area contributed by atoms with Crippen LogP contribution in [0.1, 0.15) is 56.4 Å². The first-order chi connectivity index (χ1) is 14.9. The molecule has 0 saturated carbocycles. The number of aromatic nitrogens is 2. The number of rotatable bonds is 5. The number of hydrogen-bond donors (Lipinski definition) is 0. The van der Waals surface area contributed by atoms with Crippen molar-refractivity contribution in [2.45, 2.75) is 46.1 Å². The largest absolute Gasteiger partial charge is 0.311 e. The highest BCUT2D eigenvalue weighted by atomic mass is 32.1. The fourth-order valence-electron chi connectivity index (χ4n) is 3.06. The highest BCUT2D eigenvalue weighted by molar-refractivity contribution is 7.13. The smallest absolute Gasteiger partial charge is 0.250 e. The van der Waals surface area contributed by atoms with Crippen molar-refractivity contribution in [1.82, 2.24) is 9.55 Å².